The van der Waals surface area contributed by atoms with Crippen molar-refractivity contribution in [3.63, 3.8) is 0 Å². The van der Waals surface area contributed by atoms with Crippen molar-refractivity contribution in [1.82, 2.24) is 4.98 Å². The van der Waals surface area contributed by atoms with Crippen LogP contribution in [0.5, 0.6) is 17.4 Å². The van der Waals surface area contributed by atoms with Crippen molar-refractivity contribution in [3.8, 4) is 17.4 Å². The molecule has 1 atom stereocenters. The quantitative estimate of drug-likeness (QED) is 0.642. The molecule has 0 saturated heterocycles. The first-order valence-electron chi connectivity index (χ1n) is 8.64. The van der Waals surface area contributed by atoms with E-state index < -0.39 is 18.2 Å². The number of pyridine rings is 1. The lowest BCUT2D eigenvalue weighted by molar-refractivity contribution is -0.192. The molecule has 0 bridgehead atoms. The van der Waals surface area contributed by atoms with Crippen molar-refractivity contribution in [2.75, 3.05) is 12.4 Å². The van der Waals surface area contributed by atoms with Crippen LogP contribution in [0.1, 0.15) is 18.9 Å². The Morgan fingerprint density at radius 2 is 1.90 bits per heavy atom. The van der Waals surface area contributed by atoms with Crippen molar-refractivity contribution >= 4 is 17.7 Å². The van der Waals surface area contributed by atoms with Gasteiger partial charge in [-0.3, -0.25) is 4.79 Å². The van der Waals surface area contributed by atoms with Crippen molar-refractivity contribution in [1.29, 1.82) is 0 Å². The Labute approximate surface area is 170 Å². The van der Waals surface area contributed by atoms with Crippen molar-refractivity contribution < 1.29 is 37.3 Å². The smallest absolute Gasteiger partial charge is 0.490 e. The molecule has 4 N–H and O–H groups in total. The number of nitrogens with one attached hydrogen (secondary N) is 1. The minimum Gasteiger partial charge on any atom is -0.496 e. The molecule has 0 radical (unpaired) electrons. The number of aliphatic carboxylic acids is 1. The van der Waals surface area contributed by atoms with Crippen molar-refractivity contribution in [2.24, 2.45) is 5.73 Å². The zero-order valence-electron chi connectivity index (χ0n) is 16.5. The molecule has 0 fully saturated rings. The summed E-state index contributed by atoms with van der Waals surface area (Å²) in [5.74, 6) is -0.912. The number of nitrogens with two attached hydrogens (primary N) is 1. The molecule has 0 aliphatic heterocycles. The van der Waals surface area contributed by atoms with Crippen LogP contribution in [0.15, 0.2) is 36.4 Å². The number of carbonyl (C=O) groups is 2. The Kier molecular flexibility index (Phi) is 9.06. The predicted molar refractivity (Wildman–Crippen MR) is 103 cm³/mol. The van der Waals surface area contributed by atoms with E-state index in [9.17, 15) is 18.0 Å². The fourth-order valence-electron chi connectivity index (χ4n) is 1.93. The number of aryl methyl sites for hydroxylation is 1. The Bertz CT molecular complexity index is 875. The first-order chi connectivity index (χ1) is 14.0. The average Bonchev–Trinajstić information content (AvgIpc) is 2.68. The molecular weight excluding hydrogens is 407 g/mol. The molecule has 1 aromatic carbocycles. The number of rotatable bonds is 6. The van der Waals surface area contributed by atoms with Gasteiger partial charge in [0.1, 0.15) is 17.3 Å². The maximum absolute atomic E-state index is 11.8. The highest BCUT2D eigenvalue weighted by Crippen LogP contribution is 2.27. The SMILES string of the molecule is CCC(N)C(=O)Nc1cccc(Oc2ccc(C)c(OC)c2)n1.O=C(O)C(F)(F)F. The van der Waals surface area contributed by atoms with E-state index in [1.807, 2.05) is 26.0 Å². The molecule has 1 heterocycles. The fraction of sp³-hybridized carbons (Fsp3) is 0.316. The van der Waals surface area contributed by atoms with Crippen molar-refractivity contribution in [2.45, 2.75) is 32.5 Å². The number of carbonyl (C=O) groups excluding carboxylic acids is 1. The van der Waals surface area contributed by atoms with Crippen LogP contribution >= 0.6 is 0 Å². The highest BCUT2D eigenvalue weighted by Gasteiger charge is 2.38. The summed E-state index contributed by atoms with van der Waals surface area (Å²) in [5.41, 5.74) is 6.70. The lowest BCUT2D eigenvalue weighted by Gasteiger charge is -2.11. The summed E-state index contributed by atoms with van der Waals surface area (Å²) in [6.07, 6.45) is -4.52. The number of hydrogen-bond acceptors (Lipinski definition) is 6. The van der Waals surface area contributed by atoms with E-state index >= 15 is 0 Å². The molecule has 8 nitrogen and oxygen atoms in total. The summed E-state index contributed by atoms with van der Waals surface area (Å²) in [6.45, 7) is 3.80. The first-order valence-corrected chi connectivity index (χ1v) is 8.64. The molecule has 0 spiro atoms. The van der Waals surface area contributed by atoms with E-state index in [2.05, 4.69) is 10.3 Å². The number of ether oxygens (including phenoxy) is 2. The first kappa shape index (κ1) is 24.7. The van der Waals surface area contributed by atoms with Gasteiger partial charge in [0.2, 0.25) is 11.8 Å². The molecular formula is C19H22F3N3O5. The number of alkyl halides is 3. The lowest BCUT2D eigenvalue weighted by Crippen LogP contribution is -2.35. The normalized spacial score (nSPS) is 11.6. The van der Waals surface area contributed by atoms with Gasteiger partial charge in [0, 0.05) is 12.1 Å². The number of benzene rings is 1. The summed E-state index contributed by atoms with van der Waals surface area (Å²) in [7, 11) is 1.61. The van der Waals surface area contributed by atoms with Crippen LogP contribution in [0.3, 0.4) is 0 Å². The van der Waals surface area contributed by atoms with Crippen LogP contribution in [0.2, 0.25) is 0 Å². The van der Waals surface area contributed by atoms with Crippen LogP contribution in [0.25, 0.3) is 0 Å². The highest BCUT2D eigenvalue weighted by atomic mass is 19.4. The molecule has 2 rings (SSSR count). The number of halogens is 3. The van der Waals surface area contributed by atoms with Gasteiger partial charge in [-0.2, -0.15) is 18.2 Å². The number of anilines is 1. The van der Waals surface area contributed by atoms with Crippen molar-refractivity contribution in [3.05, 3.63) is 42.0 Å². The summed E-state index contributed by atoms with van der Waals surface area (Å²) in [4.78, 5) is 24.9. The number of methoxy groups -OCH3 is 1. The standard InChI is InChI=1S/C17H21N3O3.C2HF3O2/c1-4-13(18)17(21)20-15-6-5-7-16(19-15)23-12-9-8-11(2)14(10-12)22-3;3-2(4,5)1(6)7/h5-10,13H,4,18H2,1-3H3,(H,19,20,21);(H,6,7). The van der Waals surface area contributed by atoms with Crippen LogP contribution < -0.4 is 20.5 Å². The Morgan fingerprint density at radius 3 is 2.43 bits per heavy atom. The van der Waals surface area contributed by atoms with Crippen LogP contribution in [0, 0.1) is 6.92 Å². The number of aromatic nitrogens is 1. The molecule has 0 aliphatic carbocycles. The van der Waals surface area contributed by atoms with Gasteiger partial charge in [0.15, 0.2) is 0 Å². The van der Waals surface area contributed by atoms with E-state index in [0.29, 0.717) is 23.9 Å². The highest BCUT2D eigenvalue weighted by molar-refractivity contribution is 5.93. The lowest BCUT2D eigenvalue weighted by atomic mass is 10.2. The molecule has 11 heteroatoms. The fourth-order valence-corrected chi connectivity index (χ4v) is 1.93. The maximum Gasteiger partial charge on any atom is 0.490 e. The van der Waals surface area contributed by atoms with Gasteiger partial charge < -0.3 is 25.6 Å². The molecule has 30 heavy (non-hydrogen) atoms. The van der Waals surface area contributed by atoms with Gasteiger partial charge in [-0.05, 0) is 31.0 Å². The van der Waals surface area contributed by atoms with Gasteiger partial charge in [-0.25, -0.2) is 4.79 Å². The van der Waals surface area contributed by atoms with E-state index in [1.54, 1.807) is 31.4 Å². The zero-order valence-corrected chi connectivity index (χ0v) is 16.5. The minimum atomic E-state index is -5.08. The molecule has 2 aromatic rings. The molecule has 1 unspecified atom stereocenters. The molecule has 164 valence electrons. The second-order valence-corrected chi connectivity index (χ2v) is 5.90. The summed E-state index contributed by atoms with van der Waals surface area (Å²) < 4.78 is 42.7. The van der Waals surface area contributed by atoms with Gasteiger partial charge in [-0.1, -0.05) is 19.1 Å². The number of carboxylic acids is 1. The monoisotopic (exact) mass is 429 g/mol. The summed E-state index contributed by atoms with van der Waals surface area (Å²) in [6, 6.07) is 10.1. The number of carboxylic acid groups (broad SMARTS) is 1. The number of amides is 1. The van der Waals surface area contributed by atoms with Gasteiger partial charge >= 0.3 is 12.1 Å². The topological polar surface area (TPSA) is 124 Å². The largest absolute Gasteiger partial charge is 0.496 e. The van der Waals surface area contributed by atoms with E-state index in [1.165, 1.54) is 0 Å². The second kappa shape index (κ2) is 11.0. The van der Waals surface area contributed by atoms with Gasteiger partial charge in [0.05, 0.1) is 13.2 Å². The maximum atomic E-state index is 11.8. The molecule has 0 saturated carbocycles. The second-order valence-electron chi connectivity index (χ2n) is 5.90. The molecule has 1 amide bonds. The molecule has 1 aromatic heterocycles. The van der Waals surface area contributed by atoms with Gasteiger partial charge in [-0.15, -0.1) is 0 Å². The predicted octanol–water partition coefficient (Wildman–Crippen LogP) is 3.50. The Morgan fingerprint density at radius 1 is 1.27 bits per heavy atom. The van der Waals surface area contributed by atoms with Crippen LogP contribution in [-0.4, -0.2) is 41.3 Å². The summed E-state index contributed by atoms with van der Waals surface area (Å²) >= 11 is 0. The average molecular weight is 429 g/mol. The minimum absolute atomic E-state index is 0.269. The molecule has 0 aliphatic rings. The third-order valence-electron chi connectivity index (χ3n) is 3.60. The third kappa shape index (κ3) is 7.95. The van der Waals surface area contributed by atoms with E-state index in [4.69, 9.17) is 25.1 Å². The van der Waals surface area contributed by atoms with E-state index in [0.717, 1.165) is 11.3 Å². The Balaban J connectivity index is 0.000000553. The van der Waals surface area contributed by atoms with Crippen LogP contribution in [-0.2, 0) is 9.59 Å². The third-order valence-corrected chi connectivity index (χ3v) is 3.60. The van der Waals surface area contributed by atoms with E-state index in [-0.39, 0.29) is 5.91 Å². The van der Waals surface area contributed by atoms with Crippen LogP contribution in [0.4, 0.5) is 19.0 Å². The number of nitrogens with zero attached hydrogens (tertiary/aromatic N) is 1. The van der Waals surface area contributed by atoms with Gasteiger partial charge in [0.25, 0.3) is 0 Å². The summed E-state index contributed by atoms with van der Waals surface area (Å²) in [5, 5.41) is 9.80. The number of hydrogen-bond donors (Lipinski definition) is 3. The Hall–Kier alpha value is -3.34. The zero-order chi connectivity index (χ0) is 22.9.